The monoisotopic (exact) mass is 328 g/mol. The predicted octanol–water partition coefficient (Wildman–Crippen LogP) is 2.82. The summed E-state index contributed by atoms with van der Waals surface area (Å²) in [4.78, 5) is 12.0. The summed E-state index contributed by atoms with van der Waals surface area (Å²) < 4.78 is 1.89. The number of nitrogens with zero attached hydrogens (tertiary/aromatic N) is 2. The molecule has 0 aliphatic carbocycles. The minimum absolute atomic E-state index is 0.0607. The molecule has 0 fully saturated rings. The molecule has 2 N–H and O–H groups in total. The Kier molecular flexibility index (Phi) is 6.01. The second kappa shape index (κ2) is 7.99. The van der Waals surface area contributed by atoms with Crippen LogP contribution in [0, 0.1) is 20.8 Å². The molecule has 0 saturated heterocycles. The molecule has 5 heteroatoms. The molecule has 0 aliphatic rings. The third kappa shape index (κ3) is 4.85. The molecular formula is C19H28N4O. The van der Waals surface area contributed by atoms with E-state index in [2.05, 4.69) is 47.8 Å². The van der Waals surface area contributed by atoms with Crippen molar-refractivity contribution in [2.75, 3.05) is 6.54 Å². The first-order valence-electron chi connectivity index (χ1n) is 8.45. The summed E-state index contributed by atoms with van der Waals surface area (Å²) in [5, 5.41) is 10.4. The molecule has 2 amide bonds. The van der Waals surface area contributed by atoms with E-state index in [1.165, 1.54) is 16.7 Å². The van der Waals surface area contributed by atoms with E-state index in [1.807, 2.05) is 31.6 Å². The van der Waals surface area contributed by atoms with Gasteiger partial charge in [-0.15, -0.1) is 0 Å². The molecule has 2 aromatic rings. The number of carbonyl (C=O) groups excluding carboxylic acids is 1. The van der Waals surface area contributed by atoms with Crippen LogP contribution in [0.3, 0.4) is 0 Å². The maximum Gasteiger partial charge on any atom is 0.315 e. The zero-order chi connectivity index (χ0) is 17.7. The number of rotatable bonds is 6. The molecule has 2 rings (SSSR count). The number of amides is 2. The van der Waals surface area contributed by atoms with Crippen LogP contribution in [-0.2, 0) is 19.9 Å². The Bertz CT molecular complexity index is 705. The minimum atomic E-state index is -0.116. The first-order valence-corrected chi connectivity index (χ1v) is 8.45. The summed E-state index contributed by atoms with van der Waals surface area (Å²) in [6.07, 6.45) is 1.63. The summed E-state index contributed by atoms with van der Waals surface area (Å²) in [6.45, 7) is 8.80. The van der Waals surface area contributed by atoms with Crippen LogP contribution < -0.4 is 10.6 Å². The van der Waals surface area contributed by atoms with Crippen molar-refractivity contribution in [2.45, 2.75) is 46.6 Å². The van der Waals surface area contributed by atoms with E-state index in [1.54, 1.807) is 0 Å². The average molecular weight is 328 g/mol. The first kappa shape index (κ1) is 18.0. The lowest BCUT2D eigenvalue weighted by molar-refractivity contribution is 0.238. The largest absolute Gasteiger partial charge is 0.338 e. The Morgan fingerprint density at radius 1 is 1.29 bits per heavy atom. The van der Waals surface area contributed by atoms with E-state index in [9.17, 15) is 4.79 Å². The highest BCUT2D eigenvalue weighted by atomic mass is 16.2. The van der Waals surface area contributed by atoms with Crippen LogP contribution in [0.4, 0.5) is 4.79 Å². The minimum Gasteiger partial charge on any atom is -0.338 e. The number of aryl methyl sites for hydroxylation is 3. The van der Waals surface area contributed by atoms with Gasteiger partial charge in [-0.3, -0.25) is 4.68 Å². The second-order valence-corrected chi connectivity index (χ2v) is 6.52. The van der Waals surface area contributed by atoms with Crippen LogP contribution in [0.5, 0.6) is 0 Å². The number of urea groups is 1. The molecule has 0 bridgehead atoms. The normalized spacial score (nSPS) is 12.0. The highest BCUT2D eigenvalue weighted by molar-refractivity contribution is 5.74. The Labute approximate surface area is 144 Å². The van der Waals surface area contributed by atoms with E-state index >= 15 is 0 Å². The van der Waals surface area contributed by atoms with Crippen molar-refractivity contribution in [1.29, 1.82) is 0 Å². The molecular weight excluding hydrogens is 300 g/mol. The van der Waals surface area contributed by atoms with Gasteiger partial charge in [0, 0.05) is 25.3 Å². The molecule has 130 valence electrons. The van der Waals surface area contributed by atoms with Crippen molar-refractivity contribution >= 4 is 6.03 Å². The summed E-state index contributed by atoms with van der Waals surface area (Å²) in [5.74, 6) is 0. The SMILES string of the molecule is Cc1cccc(CCNC(=O)NC(C)Cc2c(C)nn(C)c2C)c1. The number of hydrogen-bond acceptors (Lipinski definition) is 2. The highest BCUT2D eigenvalue weighted by Gasteiger charge is 2.14. The maximum absolute atomic E-state index is 12.0. The summed E-state index contributed by atoms with van der Waals surface area (Å²) >= 11 is 0. The lowest BCUT2D eigenvalue weighted by Gasteiger charge is -2.15. The number of carbonyl (C=O) groups is 1. The molecule has 1 aromatic heterocycles. The van der Waals surface area contributed by atoms with Gasteiger partial charge in [-0.2, -0.15) is 5.10 Å². The van der Waals surface area contributed by atoms with Crippen molar-refractivity contribution in [2.24, 2.45) is 7.05 Å². The maximum atomic E-state index is 12.0. The van der Waals surface area contributed by atoms with E-state index in [0.717, 1.165) is 24.2 Å². The molecule has 1 unspecified atom stereocenters. The van der Waals surface area contributed by atoms with Crippen molar-refractivity contribution in [1.82, 2.24) is 20.4 Å². The Hall–Kier alpha value is -2.30. The molecule has 1 heterocycles. The zero-order valence-corrected chi connectivity index (χ0v) is 15.3. The van der Waals surface area contributed by atoms with Gasteiger partial charge in [-0.05, 0) is 51.7 Å². The van der Waals surface area contributed by atoms with E-state index in [4.69, 9.17) is 0 Å². The lowest BCUT2D eigenvalue weighted by atomic mass is 10.1. The summed E-state index contributed by atoms with van der Waals surface area (Å²) in [5.41, 5.74) is 5.88. The van der Waals surface area contributed by atoms with Crippen molar-refractivity contribution in [3.05, 3.63) is 52.3 Å². The van der Waals surface area contributed by atoms with Crippen LogP contribution in [0.2, 0.25) is 0 Å². The third-order valence-electron chi connectivity index (χ3n) is 4.33. The predicted molar refractivity (Wildman–Crippen MR) is 97.3 cm³/mol. The van der Waals surface area contributed by atoms with E-state index in [0.29, 0.717) is 6.54 Å². The molecule has 0 spiro atoms. The topological polar surface area (TPSA) is 59.0 Å². The van der Waals surface area contributed by atoms with Gasteiger partial charge in [0.2, 0.25) is 0 Å². The number of nitrogens with one attached hydrogen (secondary N) is 2. The molecule has 24 heavy (non-hydrogen) atoms. The van der Waals surface area contributed by atoms with Gasteiger partial charge < -0.3 is 10.6 Å². The summed E-state index contributed by atoms with van der Waals surface area (Å²) in [7, 11) is 1.95. The number of aromatic nitrogens is 2. The first-order chi connectivity index (χ1) is 11.4. The van der Waals surface area contributed by atoms with Crippen LogP contribution >= 0.6 is 0 Å². The molecule has 0 saturated carbocycles. The van der Waals surface area contributed by atoms with Gasteiger partial charge in [-0.1, -0.05) is 29.8 Å². The van der Waals surface area contributed by atoms with Gasteiger partial charge in [0.1, 0.15) is 0 Å². The zero-order valence-electron chi connectivity index (χ0n) is 15.3. The quantitative estimate of drug-likeness (QED) is 0.856. The van der Waals surface area contributed by atoms with Crippen LogP contribution in [0.15, 0.2) is 24.3 Å². The summed E-state index contributed by atoms with van der Waals surface area (Å²) in [6, 6.07) is 8.30. The Morgan fingerprint density at radius 2 is 2.04 bits per heavy atom. The van der Waals surface area contributed by atoms with Gasteiger partial charge in [-0.25, -0.2) is 4.79 Å². The average Bonchev–Trinajstić information content (AvgIpc) is 2.73. The molecule has 5 nitrogen and oxygen atoms in total. The van der Waals surface area contributed by atoms with Crippen LogP contribution in [0.25, 0.3) is 0 Å². The van der Waals surface area contributed by atoms with Crippen LogP contribution in [0.1, 0.15) is 35.0 Å². The third-order valence-corrected chi connectivity index (χ3v) is 4.33. The standard InChI is InChI=1S/C19H28N4O/c1-13-7-6-8-17(11-13)9-10-20-19(24)21-14(2)12-18-15(3)22-23(5)16(18)4/h6-8,11,14H,9-10,12H2,1-5H3,(H2,20,21,24). The Balaban J connectivity index is 1.77. The van der Waals surface area contributed by atoms with Crippen molar-refractivity contribution < 1.29 is 4.79 Å². The van der Waals surface area contributed by atoms with Crippen LogP contribution in [-0.4, -0.2) is 28.4 Å². The molecule has 0 radical (unpaired) electrons. The second-order valence-electron chi connectivity index (χ2n) is 6.52. The van der Waals surface area contributed by atoms with Gasteiger partial charge in [0.15, 0.2) is 0 Å². The van der Waals surface area contributed by atoms with E-state index < -0.39 is 0 Å². The van der Waals surface area contributed by atoms with Crippen molar-refractivity contribution in [3.8, 4) is 0 Å². The highest BCUT2D eigenvalue weighted by Crippen LogP contribution is 2.14. The molecule has 0 aliphatic heterocycles. The number of benzene rings is 1. The van der Waals surface area contributed by atoms with Gasteiger partial charge >= 0.3 is 6.03 Å². The molecule has 1 atom stereocenters. The smallest absolute Gasteiger partial charge is 0.315 e. The number of hydrogen-bond donors (Lipinski definition) is 2. The van der Waals surface area contributed by atoms with E-state index in [-0.39, 0.29) is 12.1 Å². The van der Waals surface area contributed by atoms with Gasteiger partial charge in [0.25, 0.3) is 0 Å². The van der Waals surface area contributed by atoms with Crippen molar-refractivity contribution in [3.63, 3.8) is 0 Å². The molecule has 1 aromatic carbocycles. The van der Waals surface area contributed by atoms with Gasteiger partial charge in [0.05, 0.1) is 5.69 Å². The fraction of sp³-hybridized carbons (Fsp3) is 0.474. The fourth-order valence-corrected chi connectivity index (χ4v) is 2.93. The Morgan fingerprint density at radius 3 is 2.67 bits per heavy atom. The lowest BCUT2D eigenvalue weighted by Crippen LogP contribution is -2.42. The fourth-order valence-electron chi connectivity index (χ4n) is 2.93.